The Bertz CT molecular complexity index is 387. The molecule has 0 radical (unpaired) electrons. The fraction of sp³-hybridized carbons (Fsp3) is 0.625. The molecule has 1 aromatic rings. The summed E-state index contributed by atoms with van der Waals surface area (Å²) in [4.78, 5) is 0. The molecule has 0 N–H and O–H groups in total. The van der Waals surface area contributed by atoms with Crippen LogP contribution in [-0.4, -0.2) is 0 Å². The summed E-state index contributed by atoms with van der Waals surface area (Å²) in [6, 6.07) is 6.58. The molecule has 1 fully saturated rings. The molecule has 1 heteroatoms. The van der Waals surface area contributed by atoms with Gasteiger partial charge >= 0.3 is 0 Å². The summed E-state index contributed by atoms with van der Waals surface area (Å²) in [6.07, 6.45) is 6.65. The van der Waals surface area contributed by atoms with Gasteiger partial charge in [-0.2, -0.15) is 0 Å². The van der Waals surface area contributed by atoms with Crippen molar-refractivity contribution in [2.45, 2.75) is 64.2 Å². The van der Waals surface area contributed by atoms with Crippen molar-refractivity contribution >= 4 is 11.6 Å². The molecule has 0 amide bonds. The van der Waals surface area contributed by atoms with E-state index in [0.717, 1.165) is 5.02 Å². The quantitative estimate of drug-likeness (QED) is 0.633. The largest absolute Gasteiger partial charge is 0.0837 e. The first kappa shape index (κ1) is 13.0. The molecule has 1 aliphatic rings. The summed E-state index contributed by atoms with van der Waals surface area (Å²) in [7, 11) is 0. The predicted molar refractivity (Wildman–Crippen MR) is 76.0 cm³/mol. The van der Waals surface area contributed by atoms with Gasteiger partial charge in [-0.1, -0.05) is 69.8 Å². The zero-order chi connectivity index (χ0) is 12.5. The minimum atomic E-state index is 0.306. The number of halogens is 1. The summed E-state index contributed by atoms with van der Waals surface area (Å²) in [5, 5.41) is 1.02. The van der Waals surface area contributed by atoms with Crippen LogP contribution in [0.25, 0.3) is 0 Å². The van der Waals surface area contributed by atoms with E-state index in [2.05, 4.69) is 39.0 Å². The van der Waals surface area contributed by atoms with Gasteiger partial charge in [0.1, 0.15) is 0 Å². The Balaban J connectivity index is 2.41. The van der Waals surface area contributed by atoms with E-state index in [1.165, 1.54) is 43.2 Å². The third-order valence-corrected chi connectivity index (χ3v) is 4.68. The minimum absolute atomic E-state index is 0.306. The molecule has 0 aromatic heterocycles. The number of hydrogen-bond acceptors (Lipinski definition) is 0. The van der Waals surface area contributed by atoms with Crippen LogP contribution < -0.4 is 0 Å². The zero-order valence-corrected chi connectivity index (χ0v) is 12.0. The average molecular weight is 251 g/mol. The fourth-order valence-electron chi connectivity index (χ4n) is 3.06. The van der Waals surface area contributed by atoms with Gasteiger partial charge in [0.15, 0.2) is 0 Å². The van der Waals surface area contributed by atoms with Crippen LogP contribution in [0.1, 0.15) is 69.9 Å². The second kappa shape index (κ2) is 5.02. The van der Waals surface area contributed by atoms with Crippen molar-refractivity contribution in [3.63, 3.8) is 0 Å². The van der Waals surface area contributed by atoms with E-state index >= 15 is 0 Å². The Morgan fingerprint density at radius 3 is 2.35 bits per heavy atom. The Hall–Kier alpha value is -0.490. The van der Waals surface area contributed by atoms with Crippen LogP contribution in [0.4, 0.5) is 0 Å². The Kier molecular flexibility index (Phi) is 3.82. The first-order valence-electron chi connectivity index (χ1n) is 6.83. The molecular weight excluding hydrogens is 228 g/mol. The highest BCUT2D eigenvalue weighted by atomic mass is 35.5. The SMILES string of the molecule is CC(C)c1cccc(C2(C)CCCCC2)c1Cl. The van der Waals surface area contributed by atoms with Gasteiger partial charge in [0.05, 0.1) is 0 Å². The van der Waals surface area contributed by atoms with Crippen LogP contribution >= 0.6 is 11.6 Å². The molecule has 0 aliphatic heterocycles. The van der Waals surface area contributed by atoms with Crippen molar-refractivity contribution in [2.75, 3.05) is 0 Å². The lowest BCUT2D eigenvalue weighted by atomic mass is 9.70. The highest BCUT2D eigenvalue weighted by Gasteiger charge is 2.31. The van der Waals surface area contributed by atoms with Gasteiger partial charge in [-0.3, -0.25) is 0 Å². The van der Waals surface area contributed by atoms with E-state index in [-0.39, 0.29) is 0 Å². The average Bonchev–Trinajstić information content (AvgIpc) is 2.29. The summed E-state index contributed by atoms with van der Waals surface area (Å²) < 4.78 is 0. The van der Waals surface area contributed by atoms with Crippen LogP contribution in [-0.2, 0) is 5.41 Å². The summed E-state index contributed by atoms with van der Waals surface area (Å²) in [6.45, 7) is 6.82. The lowest BCUT2D eigenvalue weighted by Gasteiger charge is -2.35. The van der Waals surface area contributed by atoms with Crippen molar-refractivity contribution in [3.05, 3.63) is 34.3 Å². The van der Waals surface area contributed by atoms with E-state index in [1.807, 2.05) is 0 Å². The first-order valence-corrected chi connectivity index (χ1v) is 7.21. The van der Waals surface area contributed by atoms with E-state index in [0.29, 0.717) is 11.3 Å². The van der Waals surface area contributed by atoms with Crippen LogP contribution in [0.5, 0.6) is 0 Å². The van der Waals surface area contributed by atoms with Gasteiger partial charge in [0.2, 0.25) is 0 Å². The Morgan fingerprint density at radius 2 is 1.76 bits per heavy atom. The highest BCUT2D eigenvalue weighted by molar-refractivity contribution is 6.32. The van der Waals surface area contributed by atoms with Crippen LogP contribution in [0.2, 0.25) is 5.02 Å². The van der Waals surface area contributed by atoms with Crippen LogP contribution in [0, 0.1) is 0 Å². The molecule has 0 atom stereocenters. The highest BCUT2D eigenvalue weighted by Crippen LogP contribution is 2.43. The molecule has 0 saturated heterocycles. The van der Waals surface area contributed by atoms with Crippen LogP contribution in [0.3, 0.4) is 0 Å². The second-order valence-corrected chi connectivity index (χ2v) is 6.36. The molecule has 0 heterocycles. The number of hydrogen-bond donors (Lipinski definition) is 0. The van der Waals surface area contributed by atoms with Gasteiger partial charge < -0.3 is 0 Å². The van der Waals surface area contributed by atoms with E-state index in [1.54, 1.807) is 0 Å². The lowest BCUT2D eigenvalue weighted by Crippen LogP contribution is -2.25. The molecular formula is C16H23Cl. The van der Waals surface area contributed by atoms with E-state index in [4.69, 9.17) is 11.6 Å². The minimum Gasteiger partial charge on any atom is -0.0837 e. The lowest BCUT2D eigenvalue weighted by molar-refractivity contribution is 0.319. The maximum absolute atomic E-state index is 6.63. The summed E-state index contributed by atoms with van der Waals surface area (Å²) in [5.41, 5.74) is 2.99. The van der Waals surface area contributed by atoms with Gasteiger partial charge in [-0.05, 0) is 35.3 Å². The molecule has 1 aliphatic carbocycles. The van der Waals surface area contributed by atoms with Gasteiger partial charge in [-0.15, -0.1) is 0 Å². The molecule has 2 rings (SSSR count). The molecule has 0 spiro atoms. The fourth-order valence-corrected chi connectivity index (χ4v) is 3.64. The Labute approximate surface area is 110 Å². The van der Waals surface area contributed by atoms with Gasteiger partial charge in [0.25, 0.3) is 0 Å². The van der Waals surface area contributed by atoms with Crippen molar-refractivity contribution < 1.29 is 0 Å². The van der Waals surface area contributed by atoms with E-state index in [9.17, 15) is 0 Å². The Morgan fingerprint density at radius 1 is 1.12 bits per heavy atom. The maximum Gasteiger partial charge on any atom is 0.0478 e. The second-order valence-electron chi connectivity index (χ2n) is 5.98. The summed E-state index contributed by atoms with van der Waals surface area (Å²) >= 11 is 6.63. The molecule has 94 valence electrons. The third kappa shape index (κ3) is 2.52. The molecule has 0 bridgehead atoms. The molecule has 17 heavy (non-hydrogen) atoms. The van der Waals surface area contributed by atoms with Gasteiger partial charge in [-0.25, -0.2) is 0 Å². The van der Waals surface area contributed by atoms with Crippen molar-refractivity contribution in [3.8, 4) is 0 Å². The zero-order valence-electron chi connectivity index (χ0n) is 11.2. The standard InChI is InChI=1S/C16H23Cl/c1-12(2)13-8-7-9-14(15(13)17)16(3)10-5-4-6-11-16/h7-9,12H,4-6,10-11H2,1-3H3. The van der Waals surface area contributed by atoms with Crippen molar-refractivity contribution in [1.82, 2.24) is 0 Å². The van der Waals surface area contributed by atoms with Crippen LogP contribution in [0.15, 0.2) is 18.2 Å². The smallest absolute Gasteiger partial charge is 0.0478 e. The topological polar surface area (TPSA) is 0 Å². The summed E-state index contributed by atoms with van der Waals surface area (Å²) in [5.74, 6) is 0.509. The number of benzene rings is 1. The van der Waals surface area contributed by atoms with Crippen molar-refractivity contribution in [1.29, 1.82) is 0 Å². The van der Waals surface area contributed by atoms with Gasteiger partial charge in [0, 0.05) is 5.02 Å². The maximum atomic E-state index is 6.63. The molecule has 1 aromatic carbocycles. The number of rotatable bonds is 2. The third-order valence-electron chi connectivity index (χ3n) is 4.26. The molecule has 1 saturated carbocycles. The normalized spacial score (nSPS) is 19.6. The molecule has 0 unspecified atom stereocenters. The predicted octanol–water partition coefficient (Wildman–Crippen LogP) is 5.69. The molecule has 0 nitrogen and oxygen atoms in total. The van der Waals surface area contributed by atoms with Crippen molar-refractivity contribution in [2.24, 2.45) is 0 Å². The van der Waals surface area contributed by atoms with E-state index < -0.39 is 0 Å². The monoisotopic (exact) mass is 250 g/mol. The first-order chi connectivity index (χ1) is 8.04.